The Morgan fingerprint density at radius 1 is 0.780 bits per heavy atom. The van der Waals surface area contributed by atoms with Gasteiger partial charge in [0.1, 0.15) is 23.7 Å². The number of hydrogen-bond donors (Lipinski definition) is 4. The Morgan fingerprint density at radius 3 is 2.20 bits per heavy atom. The molecule has 59 heavy (non-hydrogen) atoms. The average molecular weight is 807 g/mol. The maximum absolute atomic E-state index is 14.0. The van der Waals surface area contributed by atoms with Crippen LogP contribution in [0.2, 0.25) is 0 Å². The van der Waals surface area contributed by atoms with Crippen molar-refractivity contribution in [2.45, 2.75) is 76.5 Å². The summed E-state index contributed by atoms with van der Waals surface area (Å²) in [5.74, 6) is 0.931. The number of carbonyl (C=O) groups is 4. The zero-order chi connectivity index (χ0) is 41.2. The highest BCUT2D eigenvalue weighted by molar-refractivity contribution is 5.89. The van der Waals surface area contributed by atoms with Gasteiger partial charge in [0, 0.05) is 42.8 Å². The summed E-state index contributed by atoms with van der Waals surface area (Å²) in [6.07, 6.45) is 5.04. The van der Waals surface area contributed by atoms with Gasteiger partial charge in [-0.15, -0.1) is 10.2 Å². The summed E-state index contributed by atoms with van der Waals surface area (Å²) in [7, 11) is 2.58. The molecule has 3 aromatic heterocycles. The fraction of sp³-hybridized carbons (Fsp3) is 0.476. The normalized spacial score (nSPS) is 19.6. The van der Waals surface area contributed by atoms with E-state index in [2.05, 4.69) is 30.8 Å². The molecule has 3 saturated heterocycles. The number of rotatable bonds is 10. The smallest absolute Gasteiger partial charge is 0.407 e. The highest BCUT2D eigenvalue weighted by Gasteiger charge is 2.41. The third-order valence-electron chi connectivity index (χ3n) is 11.8. The maximum atomic E-state index is 14.0. The number of hydrogen-bond acceptors (Lipinski definition) is 11. The summed E-state index contributed by atoms with van der Waals surface area (Å²) in [4.78, 5) is 72.0. The number of benzene rings is 2. The summed E-state index contributed by atoms with van der Waals surface area (Å²) in [5.41, 5.74) is 5.55. The van der Waals surface area contributed by atoms with Gasteiger partial charge in [-0.25, -0.2) is 19.6 Å². The minimum absolute atomic E-state index is 0.0429. The second-order valence-corrected chi connectivity index (χ2v) is 15.8. The average Bonchev–Trinajstić information content (AvgIpc) is 4.10. The predicted octanol–water partition coefficient (Wildman–Crippen LogP) is 5.42. The quantitative estimate of drug-likeness (QED) is 0.140. The SMILES string of the molecule is COC(=O)N[C@H](C(=O)N1CCC[C@H]1c1nc2ccc(-c3cc4ccc(-c5cnc([C@@H]6CCCN6C(=O)[C@@H](NC(=O)OC)C6CCOCC6)[nH]5)cc4nn3)cc2[nH]1)C(C)C. The highest BCUT2D eigenvalue weighted by atomic mass is 16.5. The summed E-state index contributed by atoms with van der Waals surface area (Å²) < 4.78 is 15.2. The molecule has 0 saturated carbocycles. The van der Waals surface area contributed by atoms with Crippen LogP contribution in [-0.4, -0.2) is 117 Å². The summed E-state index contributed by atoms with van der Waals surface area (Å²) in [6.45, 7) is 6.03. The minimum Gasteiger partial charge on any atom is -0.453 e. The molecule has 8 rings (SSSR count). The van der Waals surface area contributed by atoms with Crippen LogP contribution in [0.3, 0.4) is 0 Å². The van der Waals surface area contributed by atoms with Gasteiger partial charge in [0.25, 0.3) is 0 Å². The van der Waals surface area contributed by atoms with Crippen LogP contribution in [0.4, 0.5) is 9.59 Å². The predicted molar refractivity (Wildman–Crippen MR) is 217 cm³/mol. The van der Waals surface area contributed by atoms with Crippen molar-refractivity contribution in [2.24, 2.45) is 11.8 Å². The molecule has 0 bridgehead atoms. The summed E-state index contributed by atoms with van der Waals surface area (Å²) in [6, 6.07) is 12.0. The van der Waals surface area contributed by atoms with Gasteiger partial charge in [0.2, 0.25) is 11.8 Å². The minimum atomic E-state index is -0.710. The lowest BCUT2D eigenvalue weighted by molar-refractivity contribution is -0.137. The van der Waals surface area contributed by atoms with Crippen LogP contribution in [0, 0.1) is 11.8 Å². The molecule has 3 aliphatic heterocycles. The first-order valence-corrected chi connectivity index (χ1v) is 20.3. The number of H-pyrrole nitrogens is 2. The van der Waals surface area contributed by atoms with E-state index in [-0.39, 0.29) is 35.7 Å². The van der Waals surface area contributed by atoms with E-state index >= 15 is 0 Å². The van der Waals surface area contributed by atoms with E-state index in [1.165, 1.54) is 14.2 Å². The van der Waals surface area contributed by atoms with Gasteiger partial charge >= 0.3 is 12.2 Å². The van der Waals surface area contributed by atoms with Gasteiger partial charge in [-0.2, -0.15) is 0 Å². The summed E-state index contributed by atoms with van der Waals surface area (Å²) in [5, 5.41) is 15.6. The van der Waals surface area contributed by atoms with Gasteiger partial charge < -0.3 is 44.6 Å². The van der Waals surface area contributed by atoms with Crippen molar-refractivity contribution in [3.8, 4) is 22.5 Å². The molecule has 4 atom stereocenters. The largest absolute Gasteiger partial charge is 0.453 e. The van der Waals surface area contributed by atoms with E-state index in [1.807, 2.05) is 61.2 Å². The monoisotopic (exact) mass is 806 g/mol. The zero-order valence-electron chi connectivity index (χ0n) is 33.7. The Hall–Kier alpha value is -6.10. The van der Waals surface area contributed by atoms with Crippen LogP contribution in [0.15, 0.2) is 48.7 Å². The number of methoxy groups -OCH3 is 2. The van der Waals surface area contributed by atoms with Crippen molar-refractivity contribution in [3.63, 3.8) is 0 Å². The third kappa shape index (κ3) is 8.15. The van der Waals surface area contributed by atoms with Crippen LogP contribution in [0.25, 0.3) is 44.5 Å². The molecule has 3 aliphatic rings. The molecule has 5 aromatic rings. The first-order chi connectivity index (χ1) is 28.6. The lowest BCUT2D eigenvalue weighted by Gasteiger charge is -2.34. The van der Waals surface area contributed by atoms with Gasteiger partial charge in [0.15, 0.2) is 0 Å². The molecule has 0 aliphatic carbocycles. The Bertz CT molecular complexity index is 2350. The molecule has 4 N–H and O–H groups in total. The Balaban J connectivity index is 0.977. The van der Waals surface area contributed by atoms with Gasteiger partial charge in [-0.05, 0) is 74.6 Å². The van der Waals surface area contributed by atoms with Gasteiger partial charge in [-0.3, -0.25) is 9.59 Å². The number of amides is 4. The molecule has 2 aromatic carbocycles. The van der Waals surface area contributed by atoms with E-state index < -0.39 is 24.3 Å². The Labute approximate surface area is 341 Å². The Kier molecular flexibility index (Phi) is 11.5. The Morgan fingerprint density at radius 2 is 1.47 bits per heavy atom. The van der Waals surface area contributed by atoms with E-state index in [0.717, 1.165) is 58.9 Å². The van der Waals surface area contributed by atoms with Gasteiger partial charge in [-0.1, -0.05) is 32.0 Å². The topological polar surface area (TPSA) is 210 Å². The molecule has 0 radical (unpaired) electrons. The molecule has 0 unspecified atom stereocenters. The molecule has 3 fully saturated rings. The van der Waals surface area contributed by atoms with E-state index in [4.69, 9.17) is 24.2 Å². The number of fused-ring (bicyclic) bond motifs is 2. The molecule has 0 spiro atoms. The standard InChI is InChI=1S/C42H50N10O7/c1-23(2)35(47-41(55)57-3)39(53)52-16-6-8-34(52)38-44-28-12-11-26(21-31(28)45-38)29-19-25-9-10-27(20-30(25)50-49-29)32-22-43-37(46-32)33-7-5-15-51(33)40(54)36(48-42(56)58-4)24-13-17-59-18-14-24/h9-12,19-24,33-36H,5-8,13-18H2,1-4H3,(H,43,46)(H,44,45)(H,47,55)(H,48,56)/t33-,34-,35-,36-/m0/s1. The molecule has 17 heteroatoms. The number of aromatic nitrogens is 6. The van der Waals surface area contributed by atoms with Gasteiger partial charge in [0.05, 0.1) is 60.4 Å². The van der Waals surface area contributed by atoms with Crippen molar-refractivity contribution in [2.75, 3.05) is 40.5 Å². The van der Waals surface area contributed by atoms with E-state index in [0.29, 0.717) is 62.0 Å². The van der Waals surface area contributed by atoms with Crippen LogP contribution in [0.5, 0.6) is 0 Å². The second kappa shape index (κ2) is 17.0. The zero-order valence-corrected chi connectivity index (χ0v) is 33.7. The number of nitrogens with zero attached hydrogens (tertiary/aromatic N) is 6. The number of alkyl carbamates (subject to hydrolysis) is 2. The van der Waals surface area contributed by atoms with E-state index in [9.17, 15) is 19.2 Å². The number of carbonyl (C=O) groups excluding carboxylic acids is 4. The molecule has 4 amide bonds. The fourth-order valence-electron chi connectivity index (χ4n) is 8.65. The van der Waals surface area contributed by atoms with Crippen LogP contribution >= 0.6 is 0 Å². The van der Waals surface area contributed by atoms with Crippen LogP contribution in [0.1, 0.15) is 76.1 Å². The van der Waals surface area contributed by atoms with Crippen LogP contribution < -0.4 is 10.6 Å². The maximum Gasteiger partial charge on any atom is 0.407 e. The molecule has 6 heterocycles. The van der Waals surface area contributed by atoms with Crippen molar-refractivity contribution in [1.82, 2.24) is 50.6 Å². The third-order valence-corrected chi connectivity index (χ3v) is 11.8. The van der Waals surface area contributed by atoms with Crippen molar-refractivity contribution < 1.29 is 33.4 Å². The number of likely N-dealkylation sites (tertiary alicyclic amines) is 2. The molecule has 310 valence electrons. The lowest BCUT2D eigenvalue weighted by atomic mass is 9.90. The second-order valence-electron chi connectivity index (χ2n) is 15.8. The lowest BCUT2D eigenvalue weighted by Crippen LogP contribution is -2.53. The fourth-order valence-corrected chi connectivity index (χ4v) is 8.65. The first kappa shape index (κ1) is 39.7. The summed E-state index contributed by atoms with van der Waals surface area (Å²) >= 11 is 0. The first-order valence-electron chi connectivity index (χ1n) is 20.3. The number of ether oxygens (including phenoxy) is 3. The number of imidazole rings is 2. The highest BCUT2D eigenvalue weighted by Crippen LogP contribution is 2.36. The molecular formula is C42H50N10O7. The van der Waals surface area contributed by atoms with Crippen molar-refractivity contribution in [1.29, 1.82) is 0 Å². The molecule has 17 nitrogen and oxygen atoms in total. The van der Waals surface area contributed by atoms with Crippen LogP contribution in [-0.2, 0) is 23.8 Å². The molecular weight excluding hydrogens is 757 g/mol. The number of nitrogens with one attached hydrogen (secondary N) is 4. The van der Waals surface area contributed by atoms with Crippen molar-refractivity contribution in [3.05, 3.63) is 60.3 Å². The number of aromatic amines is 2. The van der Waals surface area contributed by atoms with E-state index in [1.54, 1.807) is 11.1 Å². The van der Waals surface area contributed by atoms with Crippen molar-refractivity contribution >= 4 is 45.9 Å².